The lowest BCUT2D eigenvalue weighted by Crippen LogP contribution is -2.49. The molecule has 0 atom stereocenters. The summed E-state index contributed by atoms with van der Waals surface area (Å²) in [4.78, 5) is 37.3. The van der Waals surface area contributed by atoms with Gasteiger partial charge in [-0.1, -0.05) is 12.5 Å². The van der Waals surface area contributed by atoms with Crippen molar-refractivity contribution in [1.82, 2.24) is 15.5 Å². The second-order valence-corrected chi connectivity index (χ2v) is 7.36. The third-order valence-corrected chi connectivity index (χ3v) is 3.91. The highest BCUT2D eigenvalue weighted by atomic mass is 16.6. The molecule has 0 spiro atoms. The Bertz CT molecular complexity index is 515. The van der Waals surface area contributed by atoms with E-state index < -0.39 is 11.7 Å². The summed E-state index contributed by atoms with van der Waals surface area (Å²) in [6.07, 6.45) is 3.31. The van der Waals surface area contributed by atoms with Gasteiger partial charge in [-0.3, -0.25) is 9.59 Å². The molecule has 1 aliphatic heterocycles. The number of nitrogens with one attached hydrogen (secondary N) is 2. The van der Waals surface area contributed by atoms with Crippen molar-refractivity contribution >= 4 is 17.9 Å². The van der Waals surface area contributed by atoms with Crippen LogP contribution in [0.3, 0.4) is 0 Å². The minimum atomic E-state index is -0.596. The number of hydrogen-bond donors (Lipinski definition) is 2. The van der Waals surface area contributed by atoms with Crippen molar-refractivity contribution in [2.24, 2.45) is 0 Å². The molecule has 142 valence electrons. The number of carbonyl (C=O) groups is 3. The molecule has 0 aliphatic carbocycles. The number of rotatable bonds is 5. The van der Waals surface area contributed by atoms with Gasteiger partial charge in [-0.05, 0) is 47.0 Å². The Balaban J connectivity index is 2.32. The zero-order valence-electron chi connectivity index (χ0n) is 16.0. The predicted octanol–water partition coefficient (Wildman–Crippen LogP) is 1.97. The van der Waals surface area contributed by atoms with E-state index in [2.05, 4.69) is 10.6 Å². The summed E-state index contributed by atoms with van der Waals surface area (Å²) in [6.45, 7) is 10.3. The van der Waals surface area contributed by atoms with E-state index in [1.165, 1.54) is 0 Å². The fraction of sp³-hybridized carbons (Fsp3) is 0.722. The SMILES string of the molecule is CC/C(C)=C/C(=O)NC1CCN(C(=O)CNC(=O)OC(C)(C)C)CC1. The fourth-order valence-corrected chi connectivity index (χ4v) is 2.42. The number of hydrogen-bond acceptors (Lipinski definition) is 4. The van der Waals surface area contributed by atoms with E-state index >= 15 is 0 Å². The largest absolute Gasteiger partial charge is 0.444 e. The van der Waals surface area contributed by atoms with E-state index in [9.17, 15) is 14.4 Å². The van der Waals surface area contributed by atoms with Crippen molar-refractivity contribution in [3.8, 4) is 0 Å². The van der Waals surface area contributed by atoms with Gasteiger partial charge in [0.25, 0.3) is 0 Å². The van der Waals surface area contributed by atoms with Gasteiger partial charge in [-0.2, -0.15) is 0 Å². The van der Waals surface area contributed by atoms with Crippen molar-refractivity contribution < 1.29 is 19.1 Å². The predicted molar refractivity (Wildman–Crippen MR) is 96.0 cm³/mol. The number of nitrogens with zero attached hydrogens (tertiary/aromatic N) is 1. The van der Waals surface area contributed by atoms with Crippen molar-refractivity contribution in [3.05, 3.63) is 11.6 Å². The van der Waals surface area contributed by atoms with Gasteiger partial charge < -0.3 is 20.3 Å². The van der Waals surface area contributed by atoms with Crippen molar-refractivity contribution in [2.45, 2.75) is 65.5 Å². The molecule has 25 heavy (non-hydrogen) atoms. The Morgan fingerprint density at radius 3 is 2.32 bits per heavy atom. The molecule has 1 heterocycles. The quantitative estimate of drug-likeness (QED) is 0.740. The van der Waals surface area contributed by atoms with Crippen molar-refractivity contribution in [1.29, 1.82) is 0 Å². The normalized spacial score (nSPS) is 16.4. The van der Waals surface area contributed by atoms with E-state index in [1.54, 1.807) is 31.7 Å². The number of likely N-dealkylation sites (tertiary alicyclic amines) is 1. The third-order valence-electron chi connectivity index (χ3n) is 3.91. The molecule has 0 unspecified atom stereocenters. The van der Waals surface area contributed by atoms with Gasteiger partial charge in [-0.25, -0.2) is 4.79 Å². The highest BCUT2D eigenvalue weighted by Crippen LogP contribution is 2.11. The Labute approximate surface area is 150 Å². The molecule has 0 aromatic heterocycles. The van der Waals surface area contributed by atoms with Crippen molar-refractivity contribution in [3.63, 3.8) is 0 Å². The topological polar surface area (TPSA) is 87.7 Å². The van der Waals surface area contributed by atoms with Crippen LogP contribution in [0.4, 0.5) is 4.79 Å². The second-order valence-electron chi connectivity index (χ2n) is 7.36. The zero-order chi connectivity index (χ0) is 19.0. The van der Waals surface area contributed by atoms with E-state index in [1.807, 2.05) is 13.8 Å². The molecule has 0 radical (unpaired) electrons. The molecular weight excluding hydrogens is 322 g/mol. The van der Waals surface area contributed by atoms with Crippen LogP contribution >= 0.6 is 0 Å². The van der Waals surface area contributed by atoms with Crippen LogP contribution in [-0.2, 0) is 14.3 Å². The lowest BCUT2D eigenvalue weighted by molar-refractivity contribution is -0.131. The van der Waals surface area contributed by atoms with Gasteiger partial charge in [0.1, 0.15) is 12.1 Å². The van der Waals surface area contributed by atoms with Gasteiger partial charge in [0.15, 0.2) is 0 Å². The lowest BCUT2D eigenvalue weighted by Gasteiger charge is -2.32. The molecule has 1 saturated heterocycles. The molecule has 0 aromatic rings. The first-order valence-corrected chi connectivity index (χ1v) is 8.83. The summed E-state index contributed by atoms with van der Waals surface area (Å²) in [7, 11) is 0. The van der Waals surface area contributed by atoms with Gasteiger partial charge in [0.2, 0.25) is 11.8 Å². The van der Waals surface area contributed by atoms with E-state index in [0.29, 0.717) is 25.9 Å². The maximum atomic E-state index is 12.1. The zero-order valence-corrected chi connectivity index (χ0v) is 16.0. The van der Waals surface area contributed by atoms with Crippen LogP contribution in [0, 0.1) is 0 Å². The molecule has 0 bridgehead atoms. The van der Waals surface area contributed by atoms with Gasteiger partial charge >= 0.3 is 6.09 Å². The molecule has 7 nitrogen and oxygen atoms in total. The van der Waals surface area contributed by atoms with Crippen LogP contribution in [0.25, 0.3) is 0 Å². The van der Waals surface area contributed by atoms with E-state index in [0.717, 1.165) is 12.0 Å². The highest BCUT2D eigenvalue weighted by Gasteiger charge is 2.24. The minimum absolute atomic E-state index is 0.0734. The molecular formula is C18H31N3O4. The number of alkyl carbamates (subject to hydrolysis) is 1. The molecule has 7 heteroatoms. The van der Waals surface area contributed by atoms with Crippen LogP contribution in [0.15, 0.2) is 11.6 Å². The smallest absolute Gasteiger partial charge is 0.408 e. The number of allylic oxidation sites excluding steroid dienone is 1. The molecule has 0 saturated carbocycles. The molecule has 1 rings (SSSR count). The summed E-state index contributed by atoms with van der Waals surface area (Å²) in [5, 5.41) is 5.45. The number of carbonyl (C=O) groups excluding carboxylic acids is 3. The summed E-state index contributed by atoms with van der Waals surface area (Å²) in [5.74, 6) is -0.215. The molecule has 3 amide bonds. The monoisotopic (exact) mass is 353 g/mol. The Morgan fingerprint density at radius 1 is 1.20 bits per heavy atom. The van der Waals surface area contributed by atoms with Gasteiger partial charge in [0.05, 0.1) is 0 Å². The van der Waals surface area contributed by atoms with E-state index in [4.69, 9.17) is 4.74 Å². The number of amides is 3. The van der Waals surface area contributed by atoms with Crippen LogP contribution in [0.2, 0.25) is 0 Å². The first-order chi connectivity index (χ1) is 11.6. The Kier molecular flexibility index (Phi) is 7.93. The average molecular weight is 353 g/mol. The summed E-state index contributed by atoms with van der Waals surface area (Å²) in [5.41, 5.74) is 0.451. The summed E-state index contributed by atoms with van der Waals surface area (Å²) >= 11 is 0. The number of piperidine rings is 1. The standard InChI is InChI=1S/C18H31N3O4/c1-6-13(2)11-15(22)20-14-7-9-21(10-8-14)16(23)12-19-17(24)25-18(3,4)5/h11,14H,6-10,12H2,1-5H3,(H,19,24)(H,20,22)/b13-11+. The maximum absolute atomic E-state index is 12.1. The number of ether oxygens (including phenoxy) is 1. The van der Waals surface area contributed by atoms with Crippen LogP contribution in [-0.4, -0.2) is 54.1 Å². The lowest BCUT2D eigenvalue weighted by atomic mass is 10.0. The van der Waals surface area contributed by atoms with Crippen molar-refractivity contribution in [2.75, 3.05) is 19.6 Å². The molecule has 2 N–H and O–H groups in total. The third kappa shape index (κ3) is 8.56. The average Bonchev–Trinajstić information content (AvgIpc) is 2.51. The highest BCUT2D eigenvalue weighted by molar-refractivity contribution is 5.88. The van der Waals surface area contributed by atoms with Crippen LogP contribution in [0.5, 0.6) is 0 Å². The van der Waals surface area contributed by atoms with Gasteiger partial charge in [-0.15, -0.1) is 0 Å². The molecule has 1 fully saturated rings. The molecule has 1 aliphatic rings. The first-order valence-electron chi connectivity index (χ1n) is 8.83. The summed E-state index contributed by atoms with van der Waals surface area (Å²) in [6, 6.07) is 0.0799. The second kappa shape index (κ2) is 9.44. The van der Waals surface area contributed by atoms with Crippen LogP contribution in [0.1, 0.15) is 53.9 Å². The summed E-state index contributed by atoms with van der Waals surface area (Å²) < 4.78 is 5.10. The Morgan fingerprint density at radius 2 is 1.80 bits per heavy atom. The maximum Gasteiger partial charge on any atom is 0.408 e. The minimum Gasteiger partial charge on any atom is -0.444 e. The van der Waals surface area contributed by atoms with Gasteiger partial charge in [0, 0.05) is 25.2 Å². The van der Waals surface area contributed by atoms with E-state index in [-0.39, 0.29) is 24.4 Å². The first kappa shape index (κ1) is 21.0. The molecule has 0 aromatic carbocycles. The van der Waals surface area contributed by atoms with Crippen LogP contribution < -0.4 is 10.6 Å². The Hall–Kier alpha value is -2.05. The fourth-order valence-electron chi connectivity index (χ4n) is 2.42.